The molecule has 18 heavy (non-hydrogen) atoms. The van der Waals surface area contributed by atoms with Crippen molar-refractivity contribution in [2.24, 2.45) is 11.7 Å². The van der Waals surface area contributed by atoms with Gasteiger partial charge in [-0.1, -0.05) is 0 Å². The molecule has 6 heteroatoms. The van der Waals surface area contributed by atoms with E-state index in [2.05, 4.69) is 10.6 Å². The van der Waals surface area contributed by atoms with Crippen molar-refractivity contribution >= 4 is 11.9 Å². The summed E-state index contributed by atoms with van der Waals surface area (Å²) in [5.74, 6) is 0.367. The normalized spacial score (nSPS) is 23.9. The Bertz CT molecular complexity index is 348. The van der Waals surface area contributed by atoms with Crippen LogP contribution in [0.4, 0.5) is 4.79 Å². The van der Waals surface area contributed by atoms with Crippen LogP contribution in [-0.2, 0) is 4.79 Å². The van der Waals surface area contributed by atoms with Crippen molar-refractivity contribution in [2.45, 2.75) is 38.3 Å². The maximum atomic E-state index is 11.8. The second-order valence-corrected chi connectivity index (χ2v) is 5.44. The summed E-state index contributed by atoms with van der Waals surface area (Å²) in [5.41, 5.74) is 6.14. The summed E-state index contributed by atoms with van der Waals surface area (Å²) in [6.45, 7) is 5.62. The van der Waals surface area contributed by atoms with Crippen molar-refractivity contribution in [3.8, 4) is 0 Å². The van der Waals surface area contributed by atoms with Crippen LogP contribution in [0.2, 0.25) is 0 Å². The molecule has 0 radical (unpaired) electrons. The van der Waals surface area contributed by atoms with Gasteiger partial charge >= 0.3 is 6.03 Å². The van der Waals surface area contributed by atoms with E-state index in [1.807, 2.05) is 4.90 Å². The highest BCUT2D eigenvalue weighted by Gasteiger charge is 2.51. The smallest absolute Gasteiger partial charge is 0.321 e. The number of amides is 3. The van der Waals surface area contributed by atoms with Crippen LogP contribution < -0.4 is 16.4 Å². The van der Waals surface area contributed by atoms with E-state index >= 15 is 0 Å². The zero-order valence-electron chi connectivity index (χ0n) is 11.0. The molecule has 3 amide bonds. The van der Waals surface area contributed by atoms with Crippen LogP contribution in [0.25, 0.3) is 0 Å². The molecular weight excluding hydrogens is 232 g/mol. The van der Waals surface area contributed by atoms with E-state index in [0.717, 1.165) is 13.1 Å². The van der Waals surface area contributed by atoms with Gasteiger partial charge in [-0.15, -0.1) is 0 Å². The molecule has 0 spiro atoms. The van der Waals surface area contributed by atoms with Crippen LogP contribution in [0.3, 0.4) is 0 Å². The standard InChI is InChI=1S/C12H22N4O2/c1-3-14-11(18)15-10(17)8(2)16-6-12(13,7-16)9-4-5-9/h8-9H,3-7,13H2,1-2H3,(H2,14,15,17,18). The first-order valence-electron chi connectivity index (χ1n) is 6.58. The summed E-state index contributed by atoms with van der Waals surface area (Å²) >= 11 is 0. The lowest BCUT2D eigenvalue weighted by Crippen LogP contribution is -2.72. The van der Waals surface area contributed by atoms with Gasteiger partial charge in [0.05, 0.1) is 6.04 Å². The van der Waals surface area contributed by atoms with Crippen molar-refractivity contribution in [3.05, 3.63) is 0 Å². The fraction of sp³-hybridized carbons (Fsp3) is 0.833. The fourth-order valence-electron chi connectivity index (χ4n) is 2.49. The van der Waals surface area contributed by atoms with E-state index in [9.17, 15) is 9.59 Å². The quantitative estimate of drug-likeness (QED) is 0.639. The Morgan fingerprint density at radius 1 is 1.44 bits per heavy atom. The number of hydrogen-bond acceptors (Lipinski definition) is 4. The number of carbonyl (C=O) groups is 2. The van der Waals surface area contributed by atoms with Crippen molar-refractivity contribution in [1.29, 1.82) is 0 Å². The van der Waals surface area contributed by atoms with Gasteiger partial charge in [0.2, 0.25) is 5.91 Å². The summed E-state index contributed by atoms with van der Waals surface area (Å²) in [7, 11) is 0. The third-order valence-corrected chi connectivity index (χ3v) is 3.89. The van der Waals surface area contributed by atoms with Crippen molar-refractivity contribution in [1.82, 2.24) is 15.5 Å². The Hall–Kier alpha value is -1.14. The summed E-state index contributed by atoms with van der Waals surface area (Å²) in [6.07, 6.45) is 2.42. The molecule has 0 bridgehead atoms. The Morgan fingerprint density at radius 3 is 2.56 bits per heavy atom. The molecule has 4 N–H and O–H groups in total. The minimum atomic E-state index is -0.434. The highest BCUT2D eigenvalue weighted by Crippen LogP contribution is 2.43. The maximum Gasteiger partial charge on any atom is 0.321 e. The van der Waals surface area contributed by atoms with Gasteiger partial charge in [-0.2, -0.15) is 0 Å². The van der Waals surface area contributed by atoms with E-state index in [0.29, 0.717) is 12.5 Å². The zero-order valence-corrected chi connectivity index (χ0v) is 11.0. The van der Waals surface area contributed by atoms with Gasteiger partial charge in [-0.05, 0) is 32.6 Å². The van der Waals surface area contributed by atoms with Gasteiger partial charge < -0.3 is 11.1 Å². The topological polar surface area (TPSA) is 87.5 Å². The summed E-state index contributed by atoms with van der Waals surface area (Å²) in [6, 6.07) is -0.737. The molecular formula is C12H22N4O2. The Morgan fingerprint density at radius 2 is 2.06 bits per heavy atom. The predicted molar refractivity (Wildman–Crippen MR) is 67.9 cm³/mol. The second-order valence-electron chi connectivity index (χ2n) is 5.44. The number of urea groups is 1. The number of likely N-dealkylation sites (tertiary alicyclic amines) is 1. The molecule has 1 aliphatic carbocycles. The molecule has 2 aliphatic rings. The largest absolute Gasteiger partial charge is 0.338 e. The molecule has 6 nitrogen and oxygen atoms in total. The van der Waals surface area contributed by atoms with Gasteiger partial charge in [-0.3, -0.25) is 15.0 Å². The molecule has 1 unspecified atom stereocenters. The van der Waals surface area contributed by atoms with Gasteiger partial charge in [0.25, 0.3) is 0 Å². The van der Waals surface area contributed by atoms with Crippen molar-refractivity contribution in [3.63, 3.8) is 0 Å². The summed E-state index contributed by atoms with van der Waals surface area (Å²) < 4.78 is 0. The van der Waals surface area contributed by atoms with E-state index in [4.69, 9.17) is 5.73 Å². The molecule has 102 valence electrons. The lowest BCUT2D eigenvalue weighted by atomic mass is 9.84. The number of nitrogens with one attached hydrogen (secondary N) is 2. The second kappa shape index (κ2) is 4.85. The van der Waals surface area contributed by atoms with Gasteiger partial charge in [0.15, 0.2) is 0 Å². The number of rotatable bonds is 4. The molecule has 0 aromatic rings. The van der Waals surface area contributed by atoms with Crippen LogP contribution in [0, 0.1) is 5.92 Å². The first kappa shape index (κ1) is 13.3. The van der Waals surface area contributed by atoms with E-state index in [1.54, 1.807) is 13.8 Å². The predicted octanol–water partition coefficient (Wildman–Crippen LogP) is -0.356. The molecule has 1 heterocycles. The minimum absolute atomic E-state index is 0.0970. The van der Waals surface area contributed by atoms with E-state index in [1.165, 1.54) is 12.8 Å². The summed E-state index contributed by atoms with van der Waals surface area (Å²) in [4.78, 5) is 25.1. The number of nitrogens with two attached hydrogens (primary N) is 1. The monoisotopic (exact) mass is 254 g/mol. The molecule has 1 aliphatic heterocycles. The van der Waals surface area contributed by atoms with Crippen molar-refractivity contribution in [2.75, 3.05) is 19.6 Å². The van der Waals surface area contributed by atoms with Gasteiger partial charge in [0, 0.05) is 25.2 Å². The average molecular weight is 254 g/mol. The van der Waals surface area contributed by atoms with Gasteiger partial charge in [-0.25, -0.2) is 4.79 Å². The lowest BCUT2D eigenvalue weighted by molar-refractivity contribution is -0.128. The summed E-state index contributed by atoms with van der Waals surface area (Å²) in [5, 5.41) is 4.87. The molecule has 2 rings (SSSR count). The number of nitrogens with zero attached hydrogens (tertiary/aromatic N) is 1. The van der Waals surface area contributed by atoms with Crippen LogP contribution in [0.5, 0.6) is 0 Å². The molecule has 0 aromatic heterocycles. The fourth-order valence-corrected chi connectivity index (χ4v) is 2.49. The zero-order chi connectivity index (χ0) is 13.3. The first-order valence-corrected chi connectivity index (χ1v) is 6.58. The SMILES string of the molecule is CCNC(=O)NC(=O)C(C)N1CC(N)(C2CC2)C1. The molecule has 1 atom stereocenters. The Balaban J connectivity index is 1.76. The maximum absolute atomic E-state index is 11.8. The highest BCUT2D eigenvalue weighted by molar-refractivity contribution is 5.96. The van der Waals surface area contributed by atoms with Crippen LogP contribution in [0.1, 0.15) is 26.7 Å². The van der Waals surface area contributed by atoms with E-state index < -0.39 is 6.03 Å². The lowest BCUT2D eigenvalue weighted by Gasteiger charge is -2.50. The number of carbonyl (C=O) groups excluding carboxylic acids is 2. The van der Waals surface area contributed by atoms with Gasteiger partial charge in [0.1, 0.15) is 0 Å². The average Bonchev–Trinajstić information content (AvgIpc) is 3.07. The molecule has 2 fully saturated rings. The molecule has 1 saturated carbocycles. The molecule has 1 saturated heterocycles. The third-order valence-electron chi connectivity index (χ3n) is 3.89. The number of imide groups is 1. The Kier molecular flexibility index (Phi) is 3.59. The number of hydrogen-bond donors (Lipinski definition) is 3. The first-order chi connectivity index (χ1) is 8.46. The Labute approximate surface area is 107 Å². The van der Waals surface area contributed by atoms with Crippen LogP contribution in [0.15, 0.2) is 0 Å². The van der Waals surface area contributed by atoms with Crippen LogP contribution in [-0.4, -0.2) is 48.1 Å². The van der Waals surface area contributed by atoms with E-state index in [-0.39, 0.29) is 17.5 Å². The van der Waals surface area contributed by atoms with Crippen LogP contribution >= 0.6 is 0 Å². The molecule has 0 aromatic carbocycles. The third kappa shape index (κ3) is 2.64. The minimum Gasteiger partial charge on any atom is -0.338 e. The van der Waals surface area contributed by atoms with Crippen molar-refractivity contribution < 1.29 is 9.59 Å². The highest BCUT2D eigenvalue weighted by atomic mass is 16.2.